The highest BCUT2D eigenvalue weighted by atomic mass is 16.5. The van der Waals surface area contributed by atoms with Crippen LogP contribution in [-0.2, 0) is 9.53 Å². The number of rotatable bonds is 4. The molecule has 1 aliphatic heterocycles. The molecular formula is C18H20N2O2. The minimum Gasteiger partial charge on any atom is -0.364 e. The number of nitrogens with two attached hydrogens (primary N) is 1. The highest BCUT2D eigenvalue weighted by molar-refractivity contribution is 5.98. The molecule has 22 heavy (non-hydrogen) atoms. The number of hydrogen-bond donors (Lipinski definition) is 2. The minimum atomic E-state index is -0.405. The van der Waals surface area contributed by atoms with Crippen LogP contribution in [0.4, 0.5) is 5.69 Å². The van der Waals surface area contributed by atoms with Gasteiger partial charge in [-0.25, -0.2) is 0 Å². The van der Waals surface area contributed by atoms with Crippen LogP contribution >= 0.6 is 0 Å². The maximum Gasteiger partial charge on any atom is 0.253 e. The normalized spacial score (nSPS) is 20.8. The van der Waals surface area contributed by atoms with Gasteiger partial charge in [-0.1, -0.05) is 48.5 Å². The number of ether oxygens (including phenoxy) is 1. The first-order valence-electron chi connectivity index (χ1n) is 7.59. The predicted molar refractivity (Wildman–Crippen MR) is 87.5 cm³/mol. The molecule has 0 aliphatic carbocycles. The first-order chi connectivity index (χ1) is 10.8. The summed E-state index contributed by atoms with van der Waals surface area (Å²) in [5.41, 5.74) is 8.48. The van der Waals surface area contributed by atoms with Crippen molar-refractivity contribution < 1.29 is 9.53 Å². The summed E-state index contributed by atoms with van der Waals surface area (Å²) in [6, 6.07) is 17.8. The molecule has 4 heteroatoms. The van der Waals surface area contributed by atoms with Crippen molar-refractivity contribution in [1.82, 2.24) is 0 Å². The van der Waals surface area contributed by atoms with Gasteiger partial charge in [0.25, 0.3) is 5.91 Å². The van der Waals surface area contributed by atoms with Crippen molar-refractivity contribution in [2.45, 2.75) is 25.0 Å². The van der Waals surface area contributed by atoms with Gasteiger partial charge in [0.1, 0.15) is 6.10 Å². The summed E-state index contributed by atoms with van der Waals surface area (Å²) in [4.78, 5) is 12.4. The third kappa shape index (κ3) is 3.18. The molecule has 0 aromatic heterocycles. The van der Waals surface area contributed by atoms with E-state index in [1.807, 2.05) is 54.6 Å². The highest BCUT2D eigenvalue weighted by Crippen LogP contribution is 2.28. The van der Waals surface area contributed by atoms with Crippen LogP contribution in [0.2, 0.25) is 0 Å². The fourth-order valence-electron chi connectivity index (χ4n) is 2.75. The second-order valence-electron chi connectivity index (χ2n) is 5.46. The van der Waals surface area contributed by atoms with E-state index >= 15 is 0 Å². The average molecular weight is 296 g/mol. The molecule has 2 aromatic rings. The van der Waals surface area contributed by atoms with Crippen LogP contribution in [0.3, 0.4) is 0 Å². The number of hydrogen-bond acceptors (Lipinski definition) is 3. The molecular weight excluding hydrogens is 276 g/mol. The third-order valence-electron chi connectivity index (χ3n) is 3.93. The van der Waals surface area contributed by atoms with E-state index in [0.29, 0.717) is 6.54 Å². The summed E-state index contributed by atoms with van der Waals surface area (Å²) in [5.74, 6) is -0.0978. The Labute approximate surface area is 130 Å². The van der Waals surface area contributed by atoms with Gasteiger partial charge in [0.2, 0.25) is 0 Å². The fourth-order valence-corrected chi connectivity index (χ4v) is 2.75. The topological polar surface area (TPSA) is 64.4 Å². The molecule has 0 radical (unpaired) electrons. The number of anilines is 1. The molecule has 1 saturated heterocycles. The Morgan fingerprint density at radius 2 is 1.82 bits per heavy atom. The molecule has 2 atom stereocenters. The summed E-state index contributed by atoms with van der Waals surface area (Å²) >= 11 is 0. The number of carbonyl (C=O) groups is 1. The first kappa shape index (κ1) is 14.8. The van der Waals surface area contributed by atoms with E-state index in [-0.39, 0.29) is 12.0 Å². The van der Waals surface area contributed by atoms with E-state index in [2.05, 4.69) is 5.32 Å². The van der Waals surface area contributed by atoms with Crippen LogP contribution in [0, 0.1) is 0 Å². The second-order valence-corrected chi connectivity index (χ2v) is 5.46. The van der Waals surface area contributed by atoms with Gasteiger partial charge in [0.05, 0.1) is 6.10 Å². The maximum absolute atomic E-state index is 12.4. The Morgan fingerprint density at radius 3 is 2.55 bits per heavy atom. The van der Waals surface area contributed by atoms with Gasteiger partial charge in [-0.3, -0.25) is 4.79 Å². The Kier molecular flexibility index (Phi) is 4.51. The molecule has 3 rings (SSSR count). The van der Waals surface area contributed by atoms with Crippen LogP contribution in [0.5, 0.6) is 0 Å². The second kappa shape index (κ2) is 6.73. The minimum absolute atomic E-state index is 0.000108. The van der Waals surface area contributed by atoms with Crippen LogP contribution < -0.4 is 11.1 Å². The van der Waals surface area contributed by atoms with Crippen molar-refractivity contribution in [3.05, 3.63) is 54.6 Å². The predicted octanol–water partition coefficient (Wildman–Crippen LogP) is 2.80. The zero-order chi connectivity index (χ0) is 15.4. The summed E-state index contributed by atoms with van der Waals surface area (Å²) in [5, 5.41) is 2.99. The maximum atomic E-state index is 12.4. The van der Waals surface area contributed by atoms with E-state index in [4.69, 9.17) is 10.5 Å². The molecule has 1 heterocycles. The molecule has 3 N–H and O–H groups in total. The van der Waals surface area contributed by atoms with Gasteiger partial charge in [0.15, 0.2) is 0 Å². The smallest absolute Gasteiger partial charge is 0.253 e. The van der Waals surface area contributed by atoms with E-state index in [0.717, 1.165) is 29.7 Å². The van der Waals surface area contributed by atoms with Crippen molar-refractivity contribution in [1.29, 1.82) is 0 Å². The molecule has 1 fully saturated rings. The molecule has 0 saturated carbocycles. The lowest BCUT2D eigenvalue weighted by atomic mass is 10.0. The van der Waals surface area contributed by atoms with Crippen molar-refractivity contribution in [2.24, 2.45) is 5.73 Å². The molecule has 0 bridgehead atoms. The lowest BCUT2D eigenvalue weighted by molar-refractivity contribution is -0.126. The number of nitrogens with one attached hydrogen (secondary N) is 1. The summed E-state index contributed by atoms with van der Waals surface area (Å²) < 4.78 is 5.65. The van der Waals surface area contributed by atoms with Gasteiger partial charge in [-0.15, -0.1) is 0 Å². The monoisotopic (exact) mass is 296 g/mol. The lowest BCUT2D eigenvalue weighted by Crippen LogP contribution is -2.29. The Morgan fingerprint density at radius 1 is 1.09 bits per heavy atom. The molecule has 2 aromatic carbocycles. The van der Waals surface area contributed by atoms with E-state index in [1.165, 1.54) is 0 Å². The van der Waals surface area contributed by atoms with Crippen molar-refractivity contribution in [2.75, 3.05) is 11.9 Å². The third-order valence-corrected chi connectivity index (χ3v) is 3.93. The molecule has 114 valence electrons. The summed E-state index contributed by atoms with van der Waals surface area (Å²) in [6.45, 7) is 0.463. The van der Waals surface area contributed by atoms with Crippen LogP contribution in [-0.4, -0.2) is 24.7 Å². The summed E-state index contributed by atoms with van der Waals surface area (Å²) in [7, 11) is 0. The highest BCUT2D eigenvalue weighted by Gasteiger charge is 2.30. The zero-order valence-electron chi connectivity index (χ0n) is 12.4. The molecule has 1 amide bonds. The van der Waals surface area contributed by atoms with Crippen molar-refractivity contribution in [3.63, 3.8) is 0 Å². The lowest BCUT2D eigenvalue weighted by Gasteiger charge is -2.15. The Bertz CT molecular complexity index is 643. The number of amides is 1. The number of para-hydroxylation sites is 1. The molecule has 1 aliphatic rings. The fraction of sp³-hybridized carbons (Fsp3) is 0.278. The van der Waals surface area contributed by atoms with E-state index in [9.17, 15) is 4.79 Å². The van der Waals surface area contributed by atoms with Crippen molar-refractivity contribution >= 4 is 11.6 Å². The van der Waals surface area contributed by atoms with E-state index < -0.39 is 6.10 Å². The first-order valence-corrected chi connectivity index (χ1v) is 7.59. The summed E-state index contributed by atoms with van der Waals surface area (Å²) in [6.07, 6.45) is 1.16. The average Bonchev–Trinajstić information content (AvgIpc) is 3.05. The standard InChI is InChI=1S/C18H20N2O2/c19-12-14-10-11-17(22-14)18(21)20-16-9-5-4-8-15(16)13-6-2-1-3-7-13/h1-9,14,17H,10-12,19H2,(H,20,21)/t14-,17+/m1/s1. The number of benzene rings is 2. The van der Waals surface area contributed by atoms with Gasteiger partial charge in [-0.2, -0.15) is 0 Å². The van der Waals surface area contributed by atoms with Gasteiger partial charge >= 0.3 is 0 Å². The Hall–Kier alpha value is -2.17. The largest absolute Gasteiger partial charge is 0.364 e. The number of carbonyl (C=O) groups excluding carboxylic acids is 1. The van der Waals surface area contributed by atoms with Gasteiger partial charge in [0, 0.05) is 17.8 Å². The van der Waals surface area contributed by atoms with Crippen LogP contribution in [0.1, 0.15) is 12.8 Å². The quantitative estimate of drug-likeness (QED) is 0.912. The van der Waals surface area contributed by atoms with Crippen LogP contribution in [0.15, 0.2) is 54.6 Å². The van der Waals surface area contributed by atoms with Gasteiger partial charge < -0.3 is 15.8 Å². The van der Waals surface area contributed by atoms with Gasteiger partial charge in [-0.05, 0) is 24.5 Å². The molecule has 0 spiro atoms. The van der Waals surface area contributed by atoms with Crippen LogP contribution in [0.25, 0.3) is 11.1 Å². The van der Waals surface area contributed by atoms with Crippen molar-refractivity contribution in [3.8, 4) is 11.1 Å². The Balaban J connectivity index is 1.77. The van der Waals surface area contributed by atoms with E-state index in [1.54, 1.807) is 0 Å². The zero-order valence-corrected chi connectivity index (χ0v) is 12.4. The molecule has 4 nitrogen and oxygen atoms in total. The molecule has 0 unspecified atom stereocenters. The SMILES string of the molecule is NC[C@H]1CC[C@@H](C(=O)Nc2ccccc2-c2ccccc2)O1.